The number of nitrogen functional groups attached to an aromatic ring is 1. The van der Waals surface area contributed by atoms with Crippen LogP contribution in [-0.2, 0) is 0 Å². The Kier molecular flexibility index (Phi) is 4.71. The van der Waals surface area contributed by atoms with Crippen LogP contribution in [0.1, 0.15) is 5.56 Å². The summed E-state index contributed by atoms with van der Waals surface area (Å²) in [5.74, 6) is 2.26. The number of aryl methyl sites for hydroxylation is 1. The Morgan fingerprint density at radius 2 is 1.55 bits per heavy atom. The summed E-state index contributed by atoms with van der Waals surface area (Å²) in [6.07, 6.45) is 0. The summed E-state index contributed by atoms with van der Waals surface area (Å²) in [7, 11) is 1.62. The van der Waals surface area contributed by atoms with Gasteiger partial charge in [-0.15, -0.1) is 0 Å². The van der Waals surface area contributed by atoms with Crippen LogP contribution >= 0.6 is 0 Å². The van der Waals surface area contributed by atoms with E-state index in [1.165, 1.54) is 0 Å². The molecule has 0 radical (unpaired) electrons. The molecule has 2 rings (SSSR count). The molecule has 0 atom stereocenters. The van der Waals surface area contributed by atoms with Gasteiger partial charge in [0.25, 0.3) is 0 Å². The van der Waals surface area contributed by atoms with Crippen molar-refractivity contribution in [1.29, 1.82) is 0 Å². The van der Waals surface area contributed by atoms with Gasteiger partial charge in [-0.2, -0.15) is 0 Å². The highest BCUT2D eigenvalue weighted by Crippen LogP contribution is 2.25. The van der Waals surface area contributed by atoms with Gasteiger partial charge < -0.3 is 19.9 Å². The van der Waals surface area contributed by atoms with Crippen LogP contribution in [0, 0.1) is 6.92 Å². The third kappa shape index (κ3) is 3.57. The lowest BCUT2D eigenvalue weighted by Gasteiger charge is -2.12. The standard InChI is InChI=1S/C16H19NO3/c1-12-11-13(17)7-8-14(12)19-9-10-20-16-6-4-3-5-15(16)18-2/h3-8,11H,9-10,17H2,1-2H3. The van der Waals surface area contributed by atoms with Gasteiger partial charge in [-0.25, -0.2) is 0 Å². The van der Waals surface area contributed by atoms with Gasteiger partial charge in [-0.1, -0.05) is 12.1 Å². The van der Waals surface area contributed by atoms with Crippen molar-refractivity contribution in [1.82, 2.24) is 0 Å². The topological polar surface area (TPSA) is 53.7 Å². The van der Waals surface area contributed by atoms with Crippen molar-refractivity contribution in [3.63, 3.8) is 0 Å². The molecule has 0 unspecified atom stereocenters. The Bertz CT molecular complexity index is 569. The molecular formula is C16H19NO3. The van der Waals surface area contributed by atoms with Crippen LogP contribution in [0.4, 0.5) is 5.69 Å². The minimum Gasteiger partial charge on any atom is -0.493 e. The van der Waals surface area contributed by atoms with Crippen molar-refractivity contribution in [2.75, 3.05) is 26.1 Å². The SMILES string of the molecule is COc1ccccc1OCCOc1ccc(N)cc1C. The fraction of sp³-hybridized carbons (Fsp3) is 0.250. The molecule has 2 N–H and O–H groups in total. The summed E-state index contributed by atoms with van der Waals surface area (Å²) in [5, 5.41) is 0. The summed E-state index contributed by atoms with van der Waals surface area (Å²) in [6, 6.07) is 13.1. The average Bonchev–Trinajstić information content (AvgIpc) is 2.46. The monoisotopic (exact) mass is 273 g/mol. The van der Waals surface area contributed by atoms with E-state index in [0.717, 1.165) is 22.7 Å². The van der Waals surface area contributed by atoms with E-state index in [9.17, 15) is 0 Å². The molecule has 20 heavy (non-hydrogen) atoms. The Balaban J connectivity index is 1.84. The minimum absolute atomic E-state index is 0.449. The molecule has 0 spiro atoms. The lowest BCUT2D eigenvalue weighted by Crippen LogP contribution is -2.10. The van der Waals surface area contributed by atoms with Gasteiger partial charge in [0.2, 0.25) is 0 Å². The van der Waals surface area contributed by atoms with E-state index in [1.54, 1.807) is 7.11 Å². The second-order valence-corrected chi connectivity index (χ2v) is 4.37. The smallest absolute Gasteiger partial charge is 0.161 e. The van der Waals surface area contributed by atoms with Crippen LogP contribution in [0.25, 0.3) is 0 Å². The maximum absolute atomic E-state index is 5.70. The summed E-state index contributed by atoms with van der Waals surface area (Å²) >= 11 is 0. The van der Waals surface area contributed by atoms with Crippen molar-refractivity contribution < 1.29 is 14.2 Å². The molecule has 0 amide bonds. The van der Waals surface area contributed by atoms with Gasteiger partial charge in [-0.3, -0.25) is 0 Å². The fourth-order valence-electron chi connectivity index (χ4n) is 1.88. The molecule has 106 valence electrons. The van der Waals surface area contributed by atoms with Crippen molar-refractivity contribution >= 4 is 5.69 Å². The Labute approximate surface area is 119 Å². The van der Waals surface area contributed by atoms with Crippen LogP contribution in [0.5, 0.6) is 17.2 Å². The molecule has 0 aliphatic heterocycles. The van der Waals surface area contributed by atoms with Crippen LogP contribution in [0.3, 0.4) is 0 Å². The molecule has 0 saturated carbocycles. The van der Waals surface area contributed by atoms with E-state index >= 15 is 0 Å². The van der Waals surface area contributed by atoms with Gasteiger partial charge in [-0.05, 0) is 42.8 Å². The number of rotatable bonds is 6. The number of hydrogen-bond donors (Lipinski definition) is 1. The molecule has 0 heterocycles. The maximum atomic E-state index is 5.70. The zero-order valence-corrected chi connectivity index (χ0v) is 11.8. The van der Waals surface area contributed by atoms with E-state index in [-0.39, 0.29) is 0 Å². The highest BCUT2D eigenvalue weighted by molar-refractivity contribution is 5.47. The first-order chi connectivity index (χ1) is 9.70. The molecule has 4 nitrogen and oxygen atoms in total. The molecule has 0 aromatic heterocycles. The number of anilines is 1. The van der Waals surface area contributed by atoms with E-state index in [1.807, 2.05) is 49.4 Å². The Morgan fingerprint density at radius 1 is 0.900 bits per heavy atom. The van der Waals surface area contributed by atoms with E-state index in [2.05, 4.69) is 0 Å². The lowest BCUT2D eigenvalue weighted by molar-refractivity contribution is 0.210. The molecule has 0 aliphatic rings. The number of hydrogen-bond acceptors (Lipinski definition) is 4. The van der Waals surface area contributed by atoms with E-state index in [4.69, 9.17) is 19.9 Å². The maximum Gasteiger partial charge on any atom is 0.161 e. The van der Waals surface area contributed by atoms with Gasteiger partial charge in [0.05, 0.1) is 7.11 Å². The largest absolute Gasteiger partial charge is 0.493 e. The molecule has 2 aromatic carbocycles. The first kappa shape index (κ1) is 14.1. The normalized spacial score (nSPS) is 10.1. The first-order valence-electron chi connectivity index (χ1n) is 6.45. The second-order valence-electron chi connectivity index (χ2n) is 4.37. The number of nitrogens with two attached hydrogens (primary N) is 1. The number of benzene rings is 2. The fourth-order valence-corrected chi connectivity index (χ4v) is 1.88. The van der Waals surface area contributed by atoms with E-state index < -0.39 is 0 Å². The molecule has 2 aromatic rings. The van der Waals surface area contributed by atoms with Gasteiger partial charge in [0, 0.05) is 5.69 Å². The van der Waals surface area contributed by atoms with Crippen LogP contribution in [-0.4, -0.2) is 20.3 Å². The van der Waals surface area contributed by atoms with Crippen LogP contribution < -0.4 is 19.9 Å². The van der Waals surface area contributed by atoms with Crippen LogP contribution in [0.15, 0.2) is 42.5 Å². The van der Waals surface area contributed by atoms with Crippen molar-refractivity contribution in [2.24, 2.45) is 0 Å². The average molecular weight is 273 g/mol. The van der Waals surface area contributed by atoms with Crippen molar-refractivity contribution in [2.45, 2.75) is 6.92 Å². The number of ether oxygens (including phenoxy) is 3. The Hall–Kier alpha value is -2.36. The summed E-state index contributed by atoms with van der Waals surface area (Å²) in [4.78, 5) is 0. The quantitative estimate of drug-likeness (QED) is 0.649. The Morgan fingerprint density at radius 3 is 2.20 bits per heavy atom. The highest BCUT2D eigenvalue weighted by atomic mass is 16.5. The molecule has 0 bridgehead atoms. The molecule has 0 saturated heterocycles. The second kappa shape index (κ2) is 6.70. The summed E-state index contributed by atoms with van der Waals surface area (Å²) < 4.78 is 16.5. The van der Waals surface area contributed by atoms with Gasteiger partial charge in [0.15, 0.2) is 11.5 Å². The molecule has 0 fully saturated rings. The molecule has 0 aliphatic carbocycles. The van der Waals surface area contributed by atoms with Crippen molar-refractivity contribution in [3.05, 3.63) is 48.0 Å². The number of para-hydroxylation sites is 2. The van der Waals surface area contributed by atoms with E-state index in [0.29, 0.717) is 19.0 Å². The van der Waals surface area contributed by atoms with Crippen LogP contribution in [0.2, 0.25) is 0 Å². The number of methoxy groups -OCH3 is 1. The highest BCUT2D eigenvalue weighted by Gasteiger charge is 2.03. The lowest BCUT2D eigenvalue weighted by atomic mass is 10.2. The van der Waals surface area contributed by atoms with Gasteiger partial charge in [0.1, 0.15) is 19.0 Å². The van der Waals surface area contributed by atoms with Gasteiger partial charge >= 0.3 is 0 Å². The van der Waals surface area contributed by atoms with Crippen molar-refractivity contribution in [3.8, 4) is 17.2 Å². The summed E-state index contributed by atoms with van der Waals surface area (Å²) in [5.41, 5.74) is 7.45. The third-order valence-corrected chi connectivity index (χ3v) is 2.87. The first-order valence-corrected chi connectivity index (χ1v) is 6.45. The predicted octanol–water partition coefficient (Wildman–Crippen LogP) is 3.04. The summed E-state index contributed by atoms with van der Waals surface area (Å²) in [6.45, 7) is 2.87. The zero-order valence-electron chi connectivity index (χ0n) is 11.8. The zero-order chi connectivity index (χ0) is 14.4. The predicted molar refractivity (Wildman–Crippen MR) is 79.6 cm³/mol. The molecular weight excluding hydrogens is 254 g/mol. The molecule has 4 heteroatoms. The minimum atomic E-state index is 0.449. The third-order valence-electron chi connectivity index (χ3n) is 2.87.